The zero-order chi connectivity index (χ0) is 38.6. The van der Waals surface area contributed by atoms with Gasteiger partial charge in [-0.05, 0) is 74.8 Å². The maximum absolute atomic E-state index is 9.42. The van der Waals surface area contributed by atoms with E-state index in [0.717, 1.165) is 73.0 Å². The van der Waals surface area contributed by atoms with Gasteiger partial charge in [-0.15, -0.1) is 0 Å². The number of ether oxygens (including phenoxy) is 1. The van der Waals surface area contributed by atoms with Crippen LogP contribution in [0.4, 0.5) is 0 Å². The molecule has 270 valence electrons. The Kier molecular flexibility index (Phi) is 7.74. The zero-order valence-electron chi connectivity index (χ0n) is 31.3. The first-order valence-corrected chi connectivity index (χ1v) is 19.4. The normalized spacial score (nSPS) is 12.7. The Morgan fingerprint density at radius 1 is 0.379 bits per heavy atom. The first kappa shape index (κ1) is 33.5. The third-order valence-corrected chi connectivity index (χ3v) is 11.6. The van der Waals surface area contributed by atoms with Crippen molar-refractivity contribution in [3.63, 3.8) is 0 Å². The molecule has 1 aliphatic heterocycles. The molecule has 11 rings (SSSR count). The van der Waals surface area contributed by atoms with Crippen molar-refractivity contribution < 1.29 is 4.74 Å². The highest BCUT2D eigenvalue weighted by molar-refractivity contribution is 5.89. The monoisotopic (exact) mass is 739 g/mol. The van der Waals surface area contributed by atoms with E-state index in [1.807, 2.05) is 60.7 Å². The second-order valence-corrected chi connectivity index (χ2v) is 14.8. The van der Waals surface area contributed by atoms with Crippen molar-refractivity contribution in [1.29, 1.82) is 5.26 Å². The van der Waals surface area contributed by atoms with Gasteiger partial charge in [-0.3, -0.25) is 0 Å². The van der Waals surface area contributed by atoms with Crippen LogP contribution in [0.15, 0.2) is 200 Å². The largest absolute Gasteiger partial charge is 0.457 e. The van der Waals surface area contributed by atoms with Crippen LogP contribution in [0.25, 0.3) is 67.3 Å². The first-order chi connectivity index (χ1) is 28.7. The fraction of sp³-hybridized carbons (Fsp3) is 0.0185. The lowest BCUT2D eigenvalue weighted by molar-refractivity contribution is 0.437. The number of hydrogen-bond donors (Lipinski definition) is 0. The van der Waals surface area contributed by atoms with Crippen molar-refractivity contribution in [1.82, 2.24) is 9.97 Å². The van der Waals surface area contributed by atoms with Crippen LogP contribution in [0.1, 0.15) is 27.8 Å². The van der Waals surface area contributed by atoms with Crippen LogP contribution in [-0.4, -0.2) is 9.97 Å². The van der Waals surface area contributed by atoms with Gasteiger partial charge in [-0.2, -0.15) is 5.26 Å². The van der Waals surface area contributed by atoms with E-state index in [1.165, 1.54) is 22.3 Å². The van der Waals surface area contributed by atoms with Crippen LogP contribution in [0.3, 0.4) is 0 Å². The van der Waals surface area contributed by atoms with Crippen LogP contribution < -0.4 is 4.74 Å². The third kappa shape index (κ3) is 5.29. The van der Waals surface area contributed by atoms with Gasteiger partial charge in [0.1, 0.15) is 11.5 Å². The lowest BCUT2D eigenvalue weighted by atomic mass is 9.65. The van der Waals surface area contributed by atoms with Gasteiger partial charge in [0.2, 0.25) is 0 Å². The predicted molar refractivity (Wildman–Crippen MR) is 231 cm³/mol. The van der Waals surface area contributed by atoms with Crippen molar-refractivity contribution in [2.75, 3.05) is 0 Å². The molecule has 0 amide bonds. The Morgan fingerprint density at radius 3 is 1.31 bits per heavy atom. The van der Waals surface area contributed by atoms with Crippen molar-refractivity contribution in [2.24, 2.45) is 0 Å². The first-order valence-electron chi connectivity index (χ1n) is 19.4. The summed E-state index contributed by atoms with van der Waals surface area (Å²) in [6, 6.07) is 71.9. The summed E-state index contributed by atoms with van der Waals surface area (Å²) in [4.78, 5) is 10.1. The molecule has 2 aliphatic rings. The van der Waals surface area contributed by atoms with Crippen LogP contribution >= 0.6 is 0 Å². The number of nitriles is 1. The Morgan fingerprint density at radius 2 is 0.810 bits per heavy atom. The molecule has 58 heavy (non-hydrogen) atoms. The summed E-state index contributed by atoms with van der Waals surface area (Å²) < 4.78 is 6.99. The Hall–Kier alpha value is -7.87. The van der Waals surface area contributed by atoms with Crippen molar-refractivity contribution in [3.05, 3.63) is 228 Å². The topological polar surface area (TPSA) is 58.8 Å². The summed E-state index contributed by atoms with van der Waals surface area (Å²) in [6.07, 6.45) is 0. The van der Waals surface area contributed by atoms with Gasteiger partial charge in [0.25, 0.3) is 0 Å². The fourth-order valence-electron chi connectivity index (χ4n) is 8.91. The summed E-state index contributed by atoms with van der Waals surface area (Å²) in [5.74, 6) is 2.32. The Labute approximate surface area is 337 Å². The zero-order valence-corrected chi connectivity index (χ0v) is 31.3. The van der Waals surface area contributed by atoms with Crippen LogP contribution in [0.5, 0.6) is 11.5 Å². The van der Waals surface area contributed by atoms with E-state index in [-0.39, 0.29) is 0 Å². The van der Waals surface area contributed by atoms with Gasteiger partial charge in [0.05, 0.1) is 28.4 Å². The molecule has 0 N–H and O–H groups in total. The van der Waals surface area contributed by atoms with Gasteiger partial charge in [-0.1, -0.05) is 170 Å². The molecule has 2 heterocycles. The maximum atomic E-state index is 9.42. The SMILES string of the molecule is N#Cc1ccc(-c2ccc3c(c2)Oc2cc(-c4ccc(-c5nc(-c6ccccc6)cc(-c6ccccc6)n5)cc4)ccc2C32c3ccccc3-c3ccccc32)cc1. The van der Waals surface area contributed by atoms with Crippen LogP contribution in [-0.2, 0) is 5.41 Å². The molecular weight excluding hydrogens is 707 g/mol. The molecule has 0 atom stereocenters. The van der Waals surface area contributed by atoms with Gasteiger partial charge in [0, 0.05) is 27.8 Å². The highest BCUT2D eigenvalue weighted by Gasteiger charge is 2.51. The number of benzene rings is 8. The third-order valence-electron chi connectivity index (χ3n) is 11.6. The maximum Gasteiger partial charge on any atom is 0.160 e. The average Bonchev–Trinajstić information content (AvgIpc) is 3.59. The Bertz CT molecular complexity index is 2970. The molecule has 1 spiro atoms. The highest BCUT2D eigenvalue weighted by Crippen LogP contribution is 2.62. The minimum Gasteiger partial charge on any atom is -0.457 e. The van der Waals surface area contributed by atoms with E-state index in [2.05, 4.69) is 146 Å². The lowest BCUT2D eigenvalue weighted by Gasteiger charge is -2.39. The molecule has 0 unspecified atom stereocenters. The molecule has 0 bridgehead atoms. The van der Waals surface area contributed by atoms with E-state index in [0.29, 0.717) is 11.4 Å². The van der Waals surface area contributed by atoms with E-state index in [4.69, 9.17) is 14.7 Å². The molecule has 0 saturated heterocycles. The average molecular weight is 740 g/mol. The van der Waals surface area contributed by atoms with E-state index < -0.39 is 5.41 Å². The molecule has 0 saturated carbocycles. The standard InChI is InChI=1S/C54H33N3O/c55-34-35-19-21-36(22-20-35)41-27-29-47-51(31-41)58-52-32-42(28-30-48(52)54(47)45-17-9-7-15-43(45)44-16-8-10-18-46(44)54)37-23-25-40(26-24-37)53-56-49(38-11-3-1-4-12-38)33-50(57-53)39-13-5-2-6-14-39/h1-33H. The molecule has 9 aromatic rings. The molecule has 1 aromatic heterocycles. The predicted octanol–water partition coefficient (Wildman–Crippen LogP) is 13.2. The minimum atomic E-state index is -0.570. The minimum absolute atomic E-state index is 0.570. The highest BCUT2D eigenvalue weighted by atomic mass is 16.5. The second-order valence-electron chi connectivity index (χ2n) is 14.8. The summed E-state index contributed by atoms with van der Waals surface area (Å²) in [7, 11) is 0. The number of aromatic nitrogens is 2. The molecular formula is C54H33N3O. The fourth-order valence-corrected chi connectivity index (χ4v) is 8.91. The smallest absolute Gasteiger partial charge is 0.160 e. The van der Waals surface area contributed by atoms with Crippen molar-refractivity contribution >= 4 is 0 Å². The molecule has 0 radical (unpaired) electrons. The lowest BCUT2D eigenvalue weighted by Crippen LogP contribution is -2.32. The van der Waals surface area contributed by atoms with E-state index >= 15 is 0 Å². The summed E-state index contributed by atoms with van der Waals surface area (Å²) in [5.41, 5.74) is 16.2. The van der Waals surface area contributed by atoms with Gasteiger partial charge >= 0.3 is 0 Å². The summed E-state index contributed by atoms with van der Waals surface area (Å²) in [6.45, 7) is 0. The molecule has 0 fully saturated rings. The molecule has 8 aromatic carbocycles. The number of hydrogen-bond acceptors (Lipinski definition) is 4. The van der Waals surface area contributed by atoms with Crippen molar-refractivity contribution in [3.8, 4) is 84.9 Å². The van der Waals surface area contributed by atoms with Gasteiger partial charge in [0.15, 0.2) is 5.82 Å². The van der Waals surface area contributed by atoms with Crippen LogP contribution in [0, 0.1) is 11.3 Å². The van der Waals surface area contributed by atoms with Crippen molar-refractivity contribution in [2.45, 2.75) is 5.41 Å². The number of nitrogens with zero attached hydrogens (tertiary/aromatic N) is 3. The molecule has 4 heteroatoms. The number of rotatable bonds is 5. The second kappa shape index (κ2) is 13.4. The quantitative estimate of drug-likeness (QED) is 0.176. The number of fused-ring (bicyclic) bond motifs is 9. The van der Waals surface area contributed by atoms with Crippen LogP contribution in [0.2, 0.25) is 0 Å². The van der Waals surface area contributed by atoms with E-state index in [9.17, 15) is 5.26 Å². The summed E-state index contributed by atoms with van der Waals surface area (Å²) >= 11 is 0. The Balaban J connectivity index is 1.03. The van der Waals surface area contributed by atoms with E-state index in [1.54, 1.807) is 0 Å². The summed E-state index contributed by atoms with van der Waals surface area (Å²) in [5, 5.41) is 9.42. The van der Waals surface area contributed by atoms with Gasteiger partial charge in [-0.25, -0.2) is 9.97 Å². The van der Waals surface area contributed by atoms with Gasteiger partial charge < -0.3 is 4.74 Å². The molecule has 4 nitrogen and oxygen atoms in total. The molecule has 1 aliphatic carbocycles.